The van der Waals surface area contributed by atoms with E-state index >= 15 is 0 Å². The number of carboxylic acid groups (broad SMARTS) is 2. The fourth-order valence-corrected chi connectivity index (χ4v) is 6.32. The van der Waals surface area contributed by atoms with E-state index < -0.39 is 67.9 Å². The molecule has 0 aromatic heterocycles. The van der Waals surface area contributed by atoms with Crippen LogP contribution in [-0.2, 0) is 44.5 Å². The second-order valence-electron chi connectivity index (χ2n) is 12.7. The zero-order valence-electron chi connectivity index (χ0n) is 31.8. The number of nitrogens with zero attached hydrogens (tertiary/aromatic N) is 4. The maximum Gasteiger partial charge on any atom is 0.325 e. The maximum atomic E-state index is 12.8. The molecule has 1 fully saturated rings. The largest absolute Gasteiger partial charge is 0.491 e. The van der Waals surface area contributed by atoms with E-state index in [0.29, 0.717) is 51.6 Å². The lowest BCUT2D eigenvalue weighted by Crippen LogP contribution is -2.57. The number of methoxy groups -OCH3 is 2. The van der Waals surface area contributed by atoms with Crippen molar-refractivity contribution in [3.05, 3.63) is 29.8 Å². The molecule has 1 heterocycles. The van der Waals surface area contributed by atoms with Gasteiger partial charge >= 0.3 is 23.9 Å². The van der Waals surface area contributed by atoms with Crippen molar-refractivity contribution >= 4 is 23.9 Å². The molecule has 0 saturated carbocycles. The number of hydrogen-bond acceptors (Lipinski definition) is 16. The lowest BCUT2D eigenvalue weighted by atomic mass is 10.0. The molecule has 2 rings (SSSR count). The number of carbonyl (C=O) groups is 4. The van der Waals surface area contributed by atoms with Crippen molar-refractivity contribution in [1.29, 1.82) is 0 Å². The molecule has 1 aliphatic rings. The molecule has 4 atom stereocenters. The van der Waals surface area contributed by atoms with Gasteiger partial charge in [-0.25, -0.2) is 0 Å². The summed E-state index contributed by atoms with van der Waals surface area (Å²) in [6.07, 6.45) is 1.34. The molecule has 1 saturated heterocycles. The van der Waals surface area contributed by atoms with E-state index in [4.69, 9.17) is 23.7 Å². The molecule has 1 aliphatic heterocycles. The molecule has 18 nitrogen and oxygen atoms in total. The van der Waals surface area contributed by atoms with Crippen molar-refractivity contribution in [2.24, 2.45) is 0 Å². The number of aliphatic hydroxyl groups is 3. The number of benzene rings is 1. The molecule has 1 aromatic rings. The Bertz CT molecular complexity index is 1240. The lowest BCUT2D eigenvalue weighted by molar-refractivity contribution is -0.152. The molecule has 1 aromatic carbocycles. The number of hydrogen-bond donors (Lipinski definition) is 5. The van der Waals surface area contributed by atoms with Crippen LogP contribution in [-0.4, -0.2) is 213 Å². The van der Waals surface area contributed by atoms with Gasteiger partial charge in [0.25, 0.3) is 0 Å². The Morgan fingerprint density at radius 2 is 1.02 bits per heavy atom. The Labute approximate surface area is 317 Å². The van der Waals surface area contributed by atoms with E-state index in [-0.39, 0.29) is 58.8 Å². The summed E-state index contributed by atoms with van der Waals surface area (Å²) >= 11 is 0. The number of esters is 2. The smallest absolute Gasteiger partial charge is 0.325 e. The quantitative estimate of drug-likeness (QED) is 0.0639. The average Bonchev–Trinajstić information content (AvgIpc) is 3.16. The van der Waals surface area contributed by atoms with Crippen LogP contribution in [0.2, 0.25) is 0 Å². The minimum atomic E-state index is -1.32. The van der Waals surface area contributed by atoms with Crippen LogP contribution < -0.4 is 4.74 Å². The summed E-state index contributed by atoms with van der Waals surface area (Å²) in [5.41, 5.74) is 0.985. The average molecular weight is 773 g/mol. The summed E-state index contributed by atoms with van der Waals surface area (Å²) in [7, 11) is 2.37. The normalized spacial score (nSPS) is 18.0. The van der Waals surface area contributed by atoms with Crippen LogP contribution in [0.3, 0.4) is 0 Å². The molecule has 0 amide bonds. The summed E-state index contributed by atoms with van der Waals surface area (Å²) in [4.78, 5) is 56.7. The summed E-state index contributed by atoms with van der Waals surface area (Å²) < 4.78 is 26.2. The van der Waals surface area contributed by atoms with Crippen LogP contribution in [0.4, 0.5) is 0 Å². The Balaban J connectivity index is 2.27. The minimum Gasteiger partial charge on any atom is -0.491 e. The molecular formula is C36H60N4O14. The van der Waals surface area contributed by atoms with Gasteiger partial charge in [0.1, 0.15) is 36.5 Å². The third-order valence-electron chi connectivity index (χ3n) is 9.44. The standard InChI is InChI=1S/C36H60N4O14/c1-4-52-20-21-53-22-23-54-28-10-8-27(9-11-28)6-5-7-29(33(44)45)37-12-14-38(30(24-41)34(46)47)15-17-40(32(26-43)36(49)51-3)19-18-39(16-13-37)31(25-42)35(48)50-2/h8-11,29-32,41-43H,4-7,12-26H2,1-3H3,(H,44,45)(H,46,47)/t29-,30-,31-,32?/m0/s1. The van der Waals surface area contributed by atoms with Crippen LogP contribution in [0.15, 0.2) is 24.3 Å². The molecule has 18 heteroatoms. The van der Waals surface area contributed by atoms with Gasteiger partial charge in [0.15, 0.2) is 0 Å². The van der Waals surface area contributed by atoms with E-state index in [2.05, 4.69) is 0 Å². The third-order valence-corrected chi connectivity index (χ3v) is 9.44. The first kappa shape index (κ1) is 46.7. The van der Waals surface area contributed by atoms with E-state index in [1.807, 2.05) is 31.2 Å². The van der Waals surface area contributed by atoms with Gasteiger partial charge in [-0.1, -0.05) is 12.1 Å². The number of carbonyl (C=O) groups excluding carboxylic acids is 2. The topological polar surface area (TPSA) is 229 Å². The van der Waals surface area contributed by atoms with Gasteiger partial charge in [0.2, 0.25) is 0 Å². The monoisotopic (exact) mass is 772 g/mol. The second kappa shape index (κ2) is 26.4. The summed E-state index contributed by atoms with van der Waals surface area (Å²) in [6.45, 7) is 3.05. The van der Waals surface area contributed by atoms with Gasteiger partial charge in [0.05, 0.1) is 53.9 Å². The molecule has 0 bridgehead atoms. The van der Waals surface area contributed by atoms with Crippen LogP contribution in [0.1, 0.15) is 25.3 Å². The lowest BCUT2D eigenvalue weighted by Gasteiger charge is -2.39. The fourth-order valence-electron chi connectivity index (χ4n) is 6.32. The predicted octanol–water partition coefficient (Wildman–Crippen LogP) is -1.37. The maximum absolute atomic E-state index is 12.8. The first-order valence-corrected chi connectivity index (χ1v) is 18.3. The summed E-state index contributed by atoms with van der Waals surface area (Å²) in [5.74, 6) is -3.10. The van der Waals surface area contributed by atoms with Crippen LogP contribution in [0, 0.1) is 0 Å². The van der Waals surface area contributed by atoms with Gasteiger partial charge in [0, 0.05) is 59.0 Å². The van der Waals surface area contributed by atoms with Gasteiger partial charge in [-0.2, -0.15) is 0 Å². The highest BCUT2D eigenvalue weighted by Crippen LogP contribution is 2.18. The van der Waals surface area contributed by atoms with Crippen molar-refractivity contribution in [3.63, 3.8) is 0 Å². The number of aryl methyl sites for hydroxylation is 1. The van der Waals surface area contributed by atoms with Gasteiger partial charge < -0.3 is 49.2 Å². The summed E-state index contributed by atoms with van der Waals surface area (Å²) in [5, 5.41) is 50.7. The van der Waals surface area contributed by atoms with Crippen molar-refractivity contribution in [2.45, 2.75) is 50.4 Å². The van der Waals surface area contributed by atoms with Crippen molar-refractivity contribution in [2.75, 3.05) is 119 Å². The van der Waals surface area contributed by atoms with Gasteiger partial charge in [-0.05, 0) is 43.9 Å². The first-order chi connectivity index (χ1) is 26.0. The number of aliphatic carboxylic acids is 2. The Morgan fingerprint density at radius 1 is 0.611 bits per heavy atom. The molecular weight excluding hydrogens is 712 g/mol. The van der Waals surface area contributed by atoms with Crippen LogP contribution >= 0.6 is 0 Å². The number of aliphatic hydroxyl groups excluding tert-OH is 3. The van der Waals surface area contributed by atoms with E-state index in [1.54, 1.807) is 14.7 Å². The molecule has 0 aliphatic carbocycles. The van der Waals surface area contributed by atoms with Crippen molar-refractivity contribution in [1.82, 2.24) is 19.6 Å². The van der Waals surface area contributed by atoms with Gasteiger partial charge in [-0.15, -0.1) is 0 Å². The number of rotatable bonds is 23. The molecule has 0 radical (unpaired) electrons. The second-order valence-corrected chi connectivity index (χ2v) is 12.7. The first-order valence-electron chi connectivity index (χ1n) is 18.3. The number of carboxylic acids is 2. The van der Waals surface area contributed by atoms with E-state index in [1.165, 1.54) is 19.1 Å². The Kier molecular flexibility index (Phi) is 22.8. The highest BCUT2D eigenvalue weighted by molar-refractivity contribution is 5.76. The minimum absolute atomic E-state index is 0.0255. The number of ether oxygens (including phenoxy) is 5. The highest BCUT2D eigenvalue weighted by Gasteiger charge is 2.34. The molecule has 5 N–H and O–H groups in total. The summed E-state index contributed by atoms with van der Waals surface area (Å²) in [6, 6.07) is 3.01. The molecule has 0 spiro atoms. The van der Waals surface area contributed by atoms with E-state index in [0.717, 1.165) is 5.56 Å². The van der Waals surface area contributed by atoms with Crippen molar-refractivity contribution < 1.29 is 68.4 Å². The third kappa shape index (κ3) is 15.7. The van der Waals surface area contributed by atoms with E-state index in [9.17, 15) is 44.7 Å². The van der Waals surface area contributed by atoms with Gasteiger partial charge in [-0.3, -0.25) is 38.8 Å². The SMILES string of the molecule is CCOCCOCCOc1ccc(CCC[C@@H](C(=O)O)N2CCN([C@@H](CO)C(=O)O)CCN(C(CO)C(=O)OC)CCN([C@@H](CO)C(=O)OC)CC2)cc1. The van der Waals surface area contributed by atoms with Crippen molar-refractivity contribution in [3.8, 4) is 5.75 Å². The fraction of sp³-hybridized carbons (Fsp3) is 0.722. The predicted molar refractivity (Wildman–Crippen MR) is 194 cm³/mol. The van der Waals surface area contributed by atoms with Crippen LogP contribution in [0.5, 0.6) is 5.75 Å². The molecule has 54 heavy (non-hydrogen) atoms. The molecule has 308 valence electrons. The Morgan fingerprint density at radius 3 is 1.43 bits per heavy atom. The van der Waals surface area contributed by atoms with Crippen LogP contribution in [0.25, 0.3) is 0 Å². The highest BCUT2D eigenvalue weighted by atomic mass is 16.5. The zero-order valence-corrected chi connectivity index (χ0v) is 31.8. The zero-order chi connectivity index (χ0) is 39.9. The molecule has 1 unspecified atom stereocenters. The Hall–Kier alpha value is -3.46.